The number of rotatable bonds is 8. The molecule has 0 radical (unpaired) electrons. The summed E-state index contributed by atoms with van der Waals surface area (Å²) in [6, 6.07) is 12.1. The molecule has 0 fully saturated rings. The average molecular weight is 394 g/mol. The summed E-state index contributed by atoms with van der Waals surface area (Å²) in [5.41, 5.74) is 1.15. The van der Waals surface area contributed by atoms with Crippen molar-refractivity contribution in [2.24, 2.45) is 0 Å². The van der Waals surface area contributed by atoms with E-state index in [4.69, 9.17) is 13.7 Å². The van der Waals surface area contributed by atoms with Crippen LogP contribution < -0.4 is 4.74 Å². The van der Waals surface area contributed by atoms with Gasteiger partial charge in [0.25, 0.3) is 10.1 Å². The molecule has 7 nitrogen and oxygen atoms in total. The minimum absolute atomic E-state index is 0.0125. The molecule has 0 saturated heterocycles. The zero-order valence-corrected chi connectivity index (χ0v) is 16.1. The van der Waals surface area contributed by atoms with Crippen molar-refractivity contribution in [3.8, 4) is 5.75 Å². The van der Waals surface area contributed by atoms with Crippen LogP contribution in [0.3, 0.4) is 0 Å². The van der Waals surface area contributed by atoms with E-state index in [-0.39, 0.29) is 17.1 Å². The number of aliphatic hydroxyl groups excluding tert-OH is 1. The predicted octanol–water partition coefficient (Wildman–Crippen LogP) is 2.37. The minimum Gasteiger partial charge on any atom is -0.497 e. The highest BCUT2D eigenvalue weighted by molar-refractivity contribution is 7.86. The lowest BCUT2D eigenvalue weighted by atomic mass is 10.0. The highest BCUT2D eigenvalue weighted by Crippen LogP contribution is 2.26. The van der Waals surface area contributed by atoms with E-state index in [9.17, 15) is 18.3 Å². The van der Waals surface area contributed by atoms with E-state index in [0.29, 0.717) is 5.75 Å². The number of aliphatic hydroxyl groups is 1. The summed E-state index contributed by atoms with van der Waals surface area (Å²) in [6.45, 7) is 3.40. The number of carbonyl (C=O) groups excluding carboxylic acids is 1. The molecule has 0 aromatic heterocycles. The summed E-state index contributed by atoms with van der Waals surface area (Å²) in [6.07, 6.45) is -3.29. The molecule has 2 aromatic rings. The van der Waals surface area contributed by atoms with Crippen molar-refractivity contribution in [2.45, 2.75) is 31.0 Å². The lowest BCUT2D eigenvalue weighted by Gasteiger charge is -2.21. The molecule has 0 bridgehead atoms. The van der Waals surface area contributed by atoms with E-state index in [0.717, 1.165) is 5.56 Å². The Morgan fingerprint density at radius 1 is 1.07 bits per heavy atom. The molecular formula is C19H22O7S. The number of hydrogen-bond donors (Lipinski definition) is 1. The first-order valence-corrected chi connectivity index (χ1v) is 9.68. The van der Waals surface area contributed by atoms with Crippen LogP contribution in [0.2, 0.25) is 0 Å². The summed E-state index contributed by atoms with van der Waals surface area (Å²) in [4.78, 5) is 12.1. The molecule has 0 heterocycles. The largest absolute Gasteiger partial charge is 0.497 e. The third-order valence-electron chi connectivity index (χ3n) is 3.80. The zero-order chi connectivity index (χ0) is 20.0. The molecule has 0 aliphatic carbocycles. The van der Waals surface area contributed by atoms with E-state index in [2.05, 4.69) is 0 Å². The standard InChI is InChI=1S/C19H22O7S/c1-4-25-19(21)18(17(20)14-7-9-15(24-3)10-8-14)26-27(22,23)16-11-5-13(2)6-12-16/h5-12,17-18,20H,4H2,1-3H3/t17-,18+/m1/s1. The van der Waals surface area contributed by atoms with Gasteiger partial charge in [-0.05, 0) is 43.7 Å². The Kier molecular flexibility index (Phi) is 6.95. The van der Waals surface area contributed by atoms with Crippen LogP contribution in [0, 0.1) is 6.92 Å². The molecule has 0 aliphatic rings. The number of ether oxygens (including phenoxy) is 2. The Morgan fingerprint density at radius 3 is 2.19 bits per heavy atom. The SMILES string of the molecule is CCOC(=O)[C@@H](OS(=O)(=O)c1ccc(C)cc1)[C@H](O)c1ccc(OC)cc1. The minimum atomic E-state index is -4.29. The molecule has 0 unspecified atom stereocenters. The maximum absolute atomic E-state index is 12.5. The van der Waals surface area contributed by atoms with Crippen molar-refractivity contribution in [2.75, 3.05) is 13.7 Å². The van der Waals surface area contributed by atoms with Crippen LogP contribution in [0.5, 0.6) is 5.75 Å². The number of hydrogen-bond acceptors (Lipinski definition) is 7. The zero-order valence-electron chi connectivity index (χ0n) is 15.3. The van der Waals surface area contributed by atoms with Crippen LogP contribution in [-0.4, -0.2) is 39.3 Å². The van der Waals surface area contributed by atoms with Crippen molar-refractivity contribution in [1.29, 1.82) is 0 Å². The molecule has 0 spiro atoms. The average Bonchev–Trinajstić information content (AvgIpc) is 2.66. The number of aryl methyl sites for hydroxylation is 1. The maximum atomic E-state index is 12.5. The van der Waals surface area contributed by atoms with Gasteiger partial charge in [0.15, 0.2) is 0 Å². The van der Waals surface area contributed by atoms with Gasteiger partial charge in [0.05, 0.1) is 18.6 Å². The Morgan fingerprint density at radius 2 is 1.67 bits per heavy atom. The van der Waals surface area contributed by atoms with Crippen LogP contribution in [0.4, 0.5) is 0 Å². The molecule has 2 rings (SSSR count). The van der Waals surface area contributed by atoms with Crippen LogP contribution in [0.25, 0.3) is 0 Å². The van der Waals surface area contributed by atoms with Crippen molar-refractivity contribution in [3.63, 3.8) is 0 Å². The third kappa shape index (κ3) is 5.29. The predicted molar refractivity (Wildman–Crippen MR) is 97.8 cm³/mol. The summed E-state index contributed by atoms with van der Waals surface area (Å²) < 4.78 is 40.1. The number of benzene rings is 2. The van der Waals surface area contributed by atoms with Gasteiger partial charge >= 0.3 is 5.97 Å². The summed E-state index contributed by atoms with van der Waals surface area (Å²) >= 11 is 0. The lowest BCUT2D eigenvalue weighted by Crippen LogP contribution is -2.35. The van der Waals surface area contributed by atoms with Crippen molar-refractivity contribution < 1.29 is 32.0 Å². The third-order valence-corrected chi connectivity index (χ3v) is 5.11. The molecule has 0 amide bonds. The van der Waals surface area contributed by atoms with Crippen LogP contribution >= 0.6 is 0 Å². The Labute approximate surface area is 158 Å². The van der Waals surface area contributed by atoms with Gasteiger partial charge in [-0.15, -0.1) is 0 Å². The molecule has 8 heteroatoms. The fourth-order valence-corrected chi connectivity index (χ4v) is 3.36. The Bertz CT molecular complexity index is 858. The summed E-state index contributed by atoms with van der Waals surface area (Å²) in [5.74, 6) is -0.427. The van der Waals surface area contributed by atoms with Crippen molar-refractivity contribution >= 4 is 16.1 Å². The molecule has 0 saturated carbocycles. The van der Waals surface area contributed by atoms with Gasteiger partial charge in [-0.2, -0.15) is 8.42 Å². The van der Waals surface area contributed by atoms with E-state index in [1.54, 1.807) is 31.2 Å². The van der Waals surface area contributed by atoms with Gasteiger partial charge in [-0.3, -0.25) is 0 Å². The first-order valence-electron chi connectivity index (χ1n) is 8.27. The molecule has 2 aromatic carbocycles. The second-order valence-corrected chi connectivity index (χ2v) is 7.33. The quantitative estimate of drug-likeness (QED) is 0.542. The fourth-order valence-electron chi connectivity index (χ4n) is 2.32. The van der Waals surface area contributed by atoms with Gasteiger partial charge in [0, 0.05) is 0 Å². The van der Waals surface area contributed by atoms with E-state index in [1.165, 1.54) is 31.4 Å². The van der Waals surface area contributed by atoms with E-state index < -0.39 is 28.3 Å². The van der Waals surface area contributed by atoms with Crippen molar-refractivity contribution in [1.82, 2.24) is 0 Å². The maximum Gasteiger partial charge on any atom is 0.339 e. The molecule has 146 valence electrons. The highest BCUT2D eigenvalue weighted by atomic mass is 32.2. The molecule has 1 N–H and O–H groups in total. The van der Waals surface area contributed by atoms with Gasteiger partial charge in [0.2, 0.25) is 6.10 Å². The van der Waals surface area contributed by atoms with Gasteiger partial charge in [0.1, 0.15) is 11.9 Å². The van der Waals surface area contributed by atoms with E-state index >= 15 is 0 Å². The highest BCUT2D eigenvalue weighted by Gasteiger charge is 2.35. The number of carbonyl (C=O) groups is 1. The molecular weight excluding hydrogens is 372 g/mol. The van der Waals surface area contributed by atoms with Gasteiger partial charge in [-0.25, -0.2) is 8.98 Å². The van der Waals surface area contributed by atoms with Crippen molar-refractivity contribution in [3.05, 3.63) is 59.7 Å². The Balaban J connectivity index is 2.32. The van der Waals surface area contributed by atoms with Gasteiger partial charge < -0.3 is 14.6 Å². The summed E-state index contributed by atoms with van der Waals surface area (Å²) in [7, 11) is -2.80. The smallest absolute Gasteiger partial charge is 0.339 e. The second kappa shape index (κ2) is 8.98. The van der Waals surface area contributed by atoms with Crippen LogP contribution in [-0.2, 0) is 23.8 Å². The molecule has 2 atom stereocenters. The second-order valence-electron chi connectivity index (χ2n) is 5.75. The fraction of sp³-hybridized carbons (Fsp3) is 0.316. The topological polar surface area (TPSA) is 99.1 Å². The first-order chi connectivity index (χ1) is 12.8. The first kappa shape index (κ1) is 20.9. The normalized spacial score (nSPS) is 13.6. The molecule has 27 heavy (non-hydrogen) atoms. The monoisotopic (exact) mass is 394 g/mol. The molecule has 0 aliphatic heterocycles. The van der Waals surface area contributed by atoms with Crippen LogP contribution in [0.15, 0.2) is 53.4 Å². The number of esters is 1. The van der Waals surface area contributed by atoms with Gasteiger partial charge in [-0.1, -0.05) is 29.8 Å². The number of methoxy groups -OCH3 is 1. The lowest BCUT2D eigenvalue weighted by molar-refractivity contribution is -0.157. The van der Waals surface area contributed by atoms with Crippen LogP contribution in [0.1, 0.15) is 24.2 Å². The Hall–Kier alpha value is -2.42. The summed E-state index contributed by atoms with van der Waals surface area (Å²) in [5, 5.41) is 10.6. The van der Waals surface area contributed by atoms with E-state index in [1.807, 2.05) is 6.92 Å².